The van der Waals surface area contributed by atoms with Crippen LogP contribution < -0.4 is 9.64 Å². The highest BCUT2D eigenvalue weighted by Crippen LogP contribution is 2.25. The molecule has 2 aromatic rings. The van der Waals surface area contributed by atoms with Crippen LogP contribution in [0.5, 0.6) is 5.75 Å². The van der Waals surface area contributed by atoms with Gasteiger partial charge in [-0.05, 0) is 36.2 Å². The highest BCUT2D eigenvalue weighted by atomic mass is 16.6. The Balaban J connectivity index is 1.80. The van der Waals surface area contributed by atoms with Crippen molar-refractivity contribution in [1.29, 1.82) is 0 Å². The summed E-state index contributed by atoms with van der Waals surface area (Å²) in [7, 11) is 1.79. The lowest BCUT2D eigenvalue weighted by atomic mass is 10.1. The van der Waals surface area contributed by atoms with Crippen molar-refractivity contribution in [3.63, 3.8) is 0 Å². The van der Waals surface area contributed by atoms with Crippen LogP contribution in [0, 0.1) is 0 Å². The summed E-state index contributed by atoms with van der Waals surface area (Å²) >= 11 is 0. The van der Waals surface area contributed by atoms with Crippen molar-refractivity contribution >= 4 is 11.6 Å². The number of hydrogen-bond donors (Lipinski definition) is 0. The number of anilines is 1. The van der Waals surface area contributed by atoms with Gasteiger partial charge in [-0.25, -0.2) is 0 Å². The van der Waals surface area contributed by atoms with E-state index in [0.29, 0.717) is 12.2 Å². The number of epoxide rings is 1. The number of benzene rings is 2. The lowest BCUT2D eigenvalue weighted by Gasteiger charge is -2.18. The summed E-state index contributed by atoms with van der Waals surface area (Å²) < 4.78 is 11.1. The van der Waals surface area contributed by atoms with Crippen LogP contribution in [0.3, 0.4) is 0 Å². The van der Waals surface area contributed by atoms with Crippen molar-refractivity contribution in [1.82, 2.24) is 0 Å². The first-order valence-corrected chi connectivity index (χ1v) is 8.39. The highest BCUT2D eigenvalue weighted by molar-refractivity contribution is 6.06. The molecular formula is C20H23NO3. The molecule has 1 amide bonds. The molecule has 0 aromatic heterocycles. The third-order valence-corrected chi connectivity index (χ3v) is 4.11. The van der Waals surface area contributed by atoms with Gasteiger partial charge in [0.25, 0.3) is 5.91 Å². The van der Waals surface area contributed by atoms with Crippen LogP contribution in [0.25, 0.3) is 0 Å². The van der Waals surface area contributed by atoms with Crippen molar-refractivity contribution in [2.45, 2.75) is 25.9 Å². The summed E-state index contributed by atoms with van der Waals surface area (Å²) in [5, 5.41) is 0. The number of rotatable bonds is 7. The number of carbonyl (C=O) groups is 1. The smallest absolute Gasteiger partial charge is 0.258 e. The molecule has 0 radical (unpaired) electrons. The Morgan fingerprint density at radius 1 is 1.25 bits per heavy atom. The van der Waals surface area contributed by atoms with E-state index in [1.807, 2.05) is 48.5 Å². The fraction of sp³-hybridized carbons (Fsp3) is 0.350. The maximum absolute atomic E-state index is 12.8. The monoisotopic (exact) mass is 325 g/mol. The molecule has 126 valence electrons. The Morgan fingerprint density at radius 3 is 2.67 bits per heavy atom. The third-order valence-electron chi connectivity index (χ3n) is 4.11. The first-order chi connectivity index (χ1) is 11.7. The average molecular weight is 325 g/mol. The van der Waals surface area contributed by atoms with Crippen LogP contribution in [0.2, 0.25) is 0 Å². The lowest BCUT2D eigenvalue weighted by molar-refractivity contribution is 0.0992. The number of hydrogen-bond acceptors (Lipinski definition) is 3. The van der Waals surface area contributed by atoms with E-state index in [-0.39, 0.29) is 12.0 Å². The molecule has 1 fully saturated rings. The number of amides is 1. The SMILES string of the molecule is CCCc1ccc(C(=O)N(C)c2ccccc2)cc1OCC1CO1. The molecule has 3 rings (SSSR count). The van der Waals surface area contributed by atoms with E-state index < -0.39 is 0 Å². The minimum atomic E-state index is -0.0447. The van der Waals surface area contributed by atoms with Gasteiger partial charge in [0.15, 0.2) is 0 Å². The van der Waals surface area contributed by atoms with E-state index in [1.165, 1.54) is 0 Å². The fourth-order valence-electron chi connectivity index (χ4n) is 2.61. The van der Waals surface area contributed by atoms with Crippen molar-refractivity contribution in [2.75, 3.05) is 25.2 Å². The summed E-state index contributed by atoms with van der Waals surface area (Å²) in [6.07, 6.45) is 2.17. The molecule has 4 nitrogen and oxygen atoms in total. The zero-order valence-corrected chi connectivity index (χ0v) is 14.2. The molecule has 1 aliphatic heterocycles. The maximum atomic E-state index is 12.8. The van der Waals surface area contributed by atoms with Crippen LogP contribution in [0.1, 0.15) is 29.3 Å². The van der Waals surface area contributed by atoms with Gasteiger partial charge in [0, 0.05) is 18.3 Å². The summed E-state index contributed by atoms with van der Waals surface area (Å²) in [5.41, 5.74) is 2.64. The quantitative estimate of drug-likeness (QED) is 0.729. The van der Waals surface area contributed by atoms with Crippen molar-refractivity contribution < 1.29 is 14.3 Å². The highest BCUT2D eigenvalue weighted by Gasteiger charge is 2.24. The Labute approximate surface area is 143 Å². The van der Waals surface area contributed by atoms with Crippen LogP contribution >= 0.6 is 0 Å². The standard InChI is InChI=1S/C20H23NO3/c1-3-7-15-10-11-16(12-19(15)24-14-18-13-23-18)20(22)21(2)17-8-5-4-6-9-17/h4-6,8-12,18H,3,7,13-14H2,1-2H3. The second-order valence-corrected chi connectivity index (χ2v) is 6.04. The second kappa shape index (κ2) is 7.49. The molecule has 0 N–H and O–H groups in total. The molecule has 4 heteroatoms. The predicted molar refractivity (Wildman–Crippen MR) is 94.8 cm³/mol. The second-order valence-electron chi connectivity index (χ2n) is 6.04. The largest absolute Gasteiger partial charge is 0.490 e. The molecule has 1 atom stereocenters. The van der Waals surface area contributed by atoms with Crippen molar-refractivity contribution in [2.24, 2.45) is 0 Å². The lowest BCUT2D eigenvalue weighted by Crippen LogP contribution is -2.26. The van der Waals surface area contributed by atoms with Crippen LogP contribution in [-0.4, -0.2) is 32.3 Å². The molecule has 0 spiro atoms. The third kappa shape index (κ3) is 3.95. The number of aryl methyl sites for hydroxylation is 1. The van der Waals surface area contributed by atoms with E-state index in [0.717, 1.165) is 36.4 Å². The minimum Gasteiger partial charge on any atom is -0.490 e. The molecule has 1 unspecified atom stereocenters. The Bertz CT molecular complexity index is 695. The van der Waals surface area contributed by atoms with Gasteiger partial charge in [-0.1, -0.05) is 37.6 Å². The molecule has 0 aliphatic carbocycles. The Morgan fingerprint density at radius 2 is 2.00 bits per heavy atom. The molecule has 1 saturated heterocycles. The number of para-hydroxylation sites is 1. The van der Waals surface area contributed by atoms with Gasteiger partial charge in [0.2, 0.25) is 0 Å². The zero-order valence-electron chi connectivity index (χ0n) is 14.2. The van der Waals surface area contributed by atoms with E-state index >= 15 is 0 Å². The molecule has 2 aromatic carbocycles. The van der Waals surface area contributed by atoms with Crippen LogP contribution in [0.15, 0.2) is 48.5 Å². The van der Waals surface area contributed by atoms with Gasteiger partial charge < -0.3 is 14.4 Å². The fourth-order valence-corrected chi connectivity index (χ4v) is 2.61. The van der Waals surface area contributed by atoms with E-state index in [2.05, 4.69) is 6.92 Å². The Hall–Kier alpha value is -2.33. The number of carbonyl (C=O) groups excluding carboxylic acids is 1. The predicted octanol–water partition coefficient (Wildman–Crippen LogP) is 3.69. The van der Waals surface area contributed by atoms with Crippen LogP contribution in [0.4, 0.5) is 5.69 Å². The number of nitrogens with zero attached hydrogens (tertiary/aromatic N) is 1. The molecular weight excluding hydrogens is 302 g/mol. The number of ether oxygens (including phenoxy) is 2. The molecule has 0 bridgehead atoms. The molecule has 24 heavy (non-hydrogen) atoms. The first kappa shape index (κ1) is 16.5. The summed E-state index contributed by atoms with van der Waals surface area (Å²) in [6.45, 7) is 3.44. The minimum absolute atomic E-state index is 0.0447. The van der Waals surface area contributed by atoms with Gasteiger partial charge in [0.05, 0.1) is 6.61 Å². The summed E-state index contributed by atoms with van der Waals surface area (Å²) in [5.74, 6) is 0.747. The summed E-state index contributed by atoms with van der Waals surface area (Å²) in [4.78, 5) is 14.4. The van der Waals surface area contributed by atoms with E-state index in [1.54, 1.807) is 11.9 Å². The van der Waals surface area contributed by atoms with Gasteiger partial charge in [0.1, 0.15) is 18.5 Å². The van der Waals surface area contributed by atoms with Gasteiger partial charge in [-0.15, -0.1) is 0 Å². The van der Waals surface area contributed by atoms with E-state index in [9.17, 15) is 4.79 Å². The van der Waals surface area contributed by atoms with Crippen LogP contribution in [-0.2, 0) is 11.2 Å². The van der Waals surface area contributed by atoms with Gasteiger partial charge >= 0.3 is 0 Å². The van der Waals surface area contributed by atoms with E-state index in [4.69, 9.17) is 9.47 Å². The summed E-state index contributed by atoms with van der Waals surface area (Å²) in [6, 6.07) is 15.4. The van der Waals surface area contributed by atoms with Crippen molar-refractivity contribution in [3.8, 4) is 5.75 Å². The molecule has 1 aliphatic rings. The van der Waals surface area contributed by atoms with Gasteiger partial charge in [-0.2, -0.15) is 0 Å². The average Bonchev–Trinajstić information content (AvgIpc) is 3.45. The molecule has 0 saturated carbocycles. The maximum Gasteiger partial charge on any atom is 0.258 e. The normalized spacial score (nSPS) is 15.8. The zero-order chi connectivity index (χ0) is 16.9. The topological polar surface area (TPSA) is 42.1 Å². The first-order valence-electron chi connectivity index (χ1n) is 8.39. The van der Waals surface area contributed by atoms with Crippen molar-refractivity contribution in [3.05, 3.63) is 59.7 Å². The Kier molecular flexibility index (Phi) is 5.16. The van der Waals surface area contributed by atoms with Gasteiger partial charge in [-0.3, -0.25) is 4.79 Å². The molecule has 1 heterocycles.